The van der Waals surface area contributed by atoms with Gasteiger partial charge in [-0.05, 0) is 19.0 Å². The molecule has 0 radical (unpaired) electrons. The molecule has 0 bridgehead atoms. The number of piperazine rings is 1. The van der Waals surface area contributed by atoms with Gasteiger partial charge in [0.25, 0.3) is 0 Å². The van der Waals surface area contributed by atoms with E-state index in [4.69, 9.17) is 0 Å². The molecule has 0 aliphatic carbocycles. The van der Waals surface area contributed by atoms with Gasteiger partial charge >= 0.3 is 0 Å². The second-order valence-corrected chi connectivity index (χ2v) is 4.38. The van der Waals surface area contributed by atoms with Crippen LogP contribution < -0.4 is 0 Å². The van der Waals surface area contributed by atoms with Crippen molar-refractivity contribution in [2.45, 2.75) is 6.42 Å². The average Bonchev–Trinajstić information content (AvgIpc) is 2.30. The van der Waals surface area contributed by atoms with Crippen molar-refractivity contribution in [2.24, 2.45) is 0 Å². The molecule has 0 N–H and O–H groups in total. The maximum Gasteiger partial charge on any atom is 0.0110 e. The van der Waals surface area contributed by atoms with Gasteiger partial charge < -0.3 is 9.80 Å². The Morgan fingerprint density at radius 3 is 2.33 bits per heavy atom. The molecule has 1 saturated heterocycles. The quantitative estimate of drug-likeness (QED) is 0.736. The van der Waals surface area contributed by atoms with Crippen molar-refractivity contribution in [3.8, 4) is 0 Å². The van der Waals surface area contributed by atoms with E-state index in [1.54, 1.807) is 0 Å². The molecule has 1 aromatic carbocycles. The molecule has 2 rings (SSSR count). The molecule has 1 aliphatic heterocycles. The molecular weight excluding hydrogens is 184 g/mol. The lowest BCUT2D eigenvalue weighted by atomic mass is 10.1. The van der Waals surface area contributed by atoms with E-state index in [9.17, 15) is 0 Å². The van der Waals surface area contributed by atoms with Crippen LogP contribution >= 0.6 is 0 Å². The van der Waals surface area contributed by atoms with Gasteiger partial charge in [-0.1, -0.05) is 30.3 Å². The highest BCUT2D eigenvalue weighted by atomic mass is 15.2. The molecule has 0 saturated carbocycles. The number of hydrogen-bond acceptors (Lipinski definition) is 2. The van der Waals surface area contributed by atoms with Gasteiger partial charge in [-0.3, -0.25) is 0 Å². The molecule has 0 atom stereocenters. The molecule has 0 amide bonds. The highest BCUT2D eigenvalue weighted by Gasteiger charge is 2.12. The van der Waals surface area contributed by atoms with Crippen molar-refractivity contribution < 1.29 is 0 Å². The highest BCUT2D eigenvalue weighted by Crippen LogP contribution is 2.04. The molecule has 0 unspecified atom stereocenters. The van der Waals surface area contributed by atoms with Crippen LogP contribution in [0.3, 0.4) is 0 Å². The predicted octanol–water partition coefficient (Wildman–Crippen LogP) is 1.48. The van der Waals surface area contributed by atoms with Crippen LogP contribution in [0.1, 0.15) is 5.56 Å². The lowest BCUT2D eigenvalue weighted by Gasteiger charge is -2.32. The minimum atomic E-state index is 1.19. The van der Waals surface area contributed by atoms with Crippen LogP contribution in [-0.4, -0.2) is 49.6 Å². The maximum absolute atomic E-state index is 2.56. The van der Waals surface area contributed by atoms with Crippen molar-refractivity contribution in [2.75, 3.05) is 39.8 Å². The normalized spacial score (nSPS) is 19.3. The summed E-state index contributed by atoms with van der Waals surface area (Å²) in [7, 11) is 2.20. The smallest absolute Gasteiger partial charge is 0.0110 e. The van der Waals surface area contributed by atoms with Gasteiger partial charge in [-0.15, -0.1) is 0 Å². The van der Waals surface area contributed by atoms with Crippen molar-refractivity contribution in [3.63, 3.8) is 0 Å². The van der Waals surface area contributed by atoms with Crippen LogP contribution in [0.5, 0.6) is 0 Å². The van der Waals surface area contributed by atoms with Crippen molar-refractivity contribution in [1.82, 2.24) is 9.80 Å². The Bertz CT molecular complexity index is 276. The van der Waals surface area contributed by atoms with Crippen LogP contribution in [0.2, 0.25) is 0 Å². The van der Waals surface area contributed by atoms with Crippen LogP contribution in [0.4, 0.5) is 0 Å². The molecule has 1 fully saturated rings. The minimum Gasteiger partial charge on any atom is -0.304 e. The first kappa shape index (κ1) is 10.7. The van der Waals surface area contributed by atoms with Crippen molar-refractivity contribution >= 4 is 0 Å². The fourth-order valence-electron chi connectivity index (χ4n) is 2.00. The summed E-state index contributed by atoms with van der Waals surface area (Å²) in [6.07, 6.45) is 1.19. The summed E-state index contributed by atoms with van der Waals surface area (Å²) in [5.74, 6) is 0. The highest BCUT2D eigenvalue weighted by molar-refractivity contribution is 5.14. The molecule has 2 nitrogen and oxygen atoms in total. The molecule has 2 heteroatoms. The van der Waals surface area contributed by atoms with Gasteiger partial charge in [0.1, 0.15) is 0 Å². The van der Waals surface area contributed by atoms with E-state index >= 15 is 0 Å². The fourth-order valence-corrected chi connectivity index (χ4v) is 2.00. The van der Waals surface area contributed by atoms with Crippen LogP contribution in [0.15, 0.2) is 30.3 Å². The Labute approximate surface area is 92.5 Å². The Kier molecular flexibility index (Phi) is 3.75. The Balaban J connectivity index is 1.74. The van der Waals surface area contributed by atoms with Crippen LogP contribution in [-0.2, 0) is 6.42 Å². The summed E-state index contributed by atoms with van der Waals surface area (Å²) >= 11 is 0. The lowest BCUT2D eigenvalue weighted by Crippen LogP contribution is -2.45. The third-order valence-corrected chi connectivity index (χ3v) is 3.16. The summed E-state index contributed by atoms with van der Waals surface area (Å²) in [4.78, 5) is 4.96. The van der Waals surface area contributed by atoms with Crippen molar-refractivity contribution in [1.29, 1.82) is 0 Å². The number of benzene rings is 1. The average molecular weight is 204 g/mol. The maximum atomic E-state index is 2.56. The Hall–Kier alpha value is -0.860. The summed E-state index contributed by atoms with van der Waals surface area (Å²) in [5.41, 5.74) is 1.46. The number of nitrogens with zero attached hydrogens (tertiary/aromatic N) is 2. The Morgan fingerprint density at radius 1 is 1.00 bits per heavy atom. The fraction of sp³-hybridized carbons (Fsp3) is 0.538. The third-order valence-electron chi connectivity index (χ3n) is 3.16. The number of hydrogen-bond donors (Lipinski definition) is 0. The lowest BCUT2D eigenvalue weighted by molar-refractivity contribution is 0.155. The van der Waals surface area contributed by atoms with E-state index in [-0.39, 0.29) is 0 Å². The number of likely N-dealkylation sites (N-methyl/N-ethyl adjacent to an activating group) is 1. The largest absolute Gasteiger partial charge is 0.304 e. The van der Waals surface area contributed by atoms with E-state index in [1.165, 1.54) is 44.7 Å². The van der Waals surface area contributed by atoms with Gasteiger partial charge in [-0.2, -0.15) is 0 Å². The van der Waals surface area contributed by atoms with E-state index in [2.05, 4.69) is 47.2 Å². The molecule has 0 spiro atoms. The summed E-state index contributed by atoms with van der Waals surface area (Å²) in [5, 5.41) is 0. The Morgan fingerprint density at radius 2 is 1.67 bits per heavy atom. The van der Waals surface area contributed by atoms with E-state index in [0.717, 1.165) is 0 Å². The minimum absolute atomic E-state index is 1.19. The molecule has 82 valence electrons. The number of rotatable bonds is 3. The molecule has 15 heavy (non-hydrogen) atoms. The molecule has 1 aliphatic rings. The van der Waals surface area contributed by atoms with E-state index in [0.29, 0.717) is 0 Å². The van der Waals surface area contributed by atoms with Gasteiger partial charge in [0.05, 0.1) is 0 Å². The topological polar surface area (TPSA) is 6.48 Å². The second kappa shape index (κ2) is 5.29. The van der Waals surface area contributed by atoms with Crippen LogP contribution in [0, 0.1) is 0 Å². The van der Waals surface area contributed by atoms with Gasteiger partial charge in [0, 0.05) is 32.7 Å². The van der Waals surface area contributed by atoms with Crippen LogP contribution in [0.25, 0.3) is 0 Å². The zero-order valence-corrected chi connectivity index (χ0v) is 9.52. The van der Waals surface area contributed by atoms with Crippen molar-refractivity contribution in [3.05, 3.63) is 35.9 Å². The molecule has 1 heterocycles. The molecule has 1 aromatic rings. The predicted molar refractivity (Wildman–Crippen MR) is 64.1 cm³/mol. The zero-order valence-electron chi connectivity index (χ0n) is 9.52. The standard InChI is InChI=1S/C13H20N2/c1-14-9-11-15(12-10-14)8-7-13-5-3-2-4-6-13/h2-6H,7-12H2,1H3. The first-order valence-corrected chi connectivity index (χ1v) is 5.79. The summed E-state index contributed by atoms with van der Waals surface area (Å²) < 4.78 is 0. The van der Waals surface area contributed by atoms with E-state index in [1.807, 2.05) is 0 Å². The van der Waals surface area contributed by atoms with E-state index < -0.39 is 0 Å². The van der Waals surface area contributed by atoms with Gasteiger partial charge in [0.2, 0.25) is 0 Å². The second-order valence-electron chi connectivity index (χ2n) is 4.38. The first-order chi connectivity index (χ1) is 7.34. The zero-order chi connectivity index (χ0) is 10.5. The molecular formula is C13H20N2. The van der Waals surface area contributed by atoms with Gasteiger partial charge in [-0.25, -0.2) is 0 Å². The monoisotopic (exact) mass is 204 g/mol. The summed E-state index contributed by atoms with van der Waals surface area (Å²) in [6.45, 7) is 6.09. The van der Waals surface area contributed by atoms with Gasteiger partial charge in [0.15, 0.2) is 0 Å². The first-order valence-electron chi connectivity index (χ1n) is 5.79. The SMILES string of the molecule is CN1CCN(CCc2ccccc2)CC1. The summed E-state index contributed by atoms with van der Waals surface area (Å²) in [6, 6.07) is 10.8. The third kappa shape index (κ3) is 3.33. The molecule has 0 aromatic heterocycles.